The maximum Gasteiger partial charge on any atom is 0.223 e. The molecule has 2 saturated carbocycles. The third-order valence-electron chi connectivity index (χ3n) is 4.37. The number of H-pyrrole nitrogens is 1. The monoisotopic (exact) mass is 318 g/mol. The van der Waals surface area contributed by atoms with E-state index in [2.05, 4.69) is 20.1 Å². The summed E-state index contributed by atoms with van der Waals surface area (Å²) in [7, 11) is 0. The summed E-state index contributed by atoms with van der Waals surface area (Å²) in [4.78, 5) is 12.1. The lowest BCUT2D eigenvalue weighted by atomic mass is 10.2. The molecule has 2 aromatic heterocycles. The van der Waals surface area contributed by atoms with Gasteiger partial charge in [0.25, 0.3) is 0 Å². The predicted molar refractivity (Wildman–Crippen MR) is 82.0 cm³/mol. The van der Waals surface area contributed by atoms with Crippen LogP contribution in [-0.2, 0) is 11.2 Å². The molecule has 2 aliphatic rings. The molecule has 0 unspecified atom stereocenters. The Labute approximate surface area is 132 Å². The van der Waals surface area contributed by atoms with Gasteiger partial charge in [0.15, 0.2) is 4.77 Å². The minimum absolute atomic E-state index is 0.0513. The highest BCUT2D eigenvalue weighted by Crippen LogP contribution is 2.47. The molecule has 2 aliphatic carbocycles. The summed E-state index contributed by atoms with van der Waals surface area (Å²) in [5, 5.41) is 10.1. The topological polar surface area (TPSA) is 75.8 Å². The number of nitrogens with zero attached hydrogens (tertiary/aromatic N) is 2. The highest BCUT2D eigenvalue weighted by atomic mass is 32.1. The molecule has 0 spiro atoms. The number of rotatable bonds is 6. The van der Waals surface area contributed by atoms with Crippen molar-refractivity contribution in [3.8, 4) is 0 Å². The van der Waals surface area contributed by atoms with E-state index in [-0.39, 0.29) is 17.7 Å². The molecular formula is C15H18N4O2S. The van der Waals surface area contributed by atoms with E-state index in [0.29, 0.717) is 23.8 Å². The van der Waals surface area contributed by atoms with Gasteiger partial charge in [0.2, 0.25) is 5.91 Å². The van der Waals surface area contributed by atoms with Gasteiger partial charge in [-0.25, -0.2) is 0 Å². The fourth-order valence-corrected chi connectivity index (χ4v) is 3.25. The lowest BCUT2D eigenvalue weighted by Gasteiger charge is -2.06. The van der Waals surface area contributed by atoms with Crippen LogP contribution in [0.3, 0.4) is 0 Å². The Morgan fingerprint density at radius 2 is 2.41 bits per heavy atom. The summed E-state index contributed by atoms with van der Waals surface area (Å²) < 4.78 is 8.13. The summed E-state index contributed by atoms with van der Waals surface area (Å²) in [6, 6.07) is 4.30. The Balaban J connectivity index is 1.29. The van der Waals surface area contributed by atoms with Gasteiger partial charge in [-0.2, -0.15) is 5.10 Å². The van der Waals surface area contributed by atoms with Crippen LogP contribution in [0.15, 0.2) is 22.8 Å². The summed E-state index contributed by atoms with van der Waals surface area (Å²) >= 11 is 5.25. The van der Waals surface area contributed by atoms with E-state index < -0.39 is 0 Å². The van der Waals surface area contributed by atoms with Crippen LogP contribution in [-0.4, -0.2) is 27.2 Å². The first-order chi connectivity index (χ1) is 10.7. The van der Waals surface area contributed by atoms with Crippen LogP contribution >= 0.6 is 12.2 Å². The summed E-state index contributed by atoms with van der Waals surface area (Å²) in [5.41, 5.74) is 0. The van der Waals surface area contributed by atoms with Crippen LogP contribution in [0.1, 0.15) is 42.8 Å². The van der Waals surface area contributed by atoms with Crippen LogP contribution in [0, 0.1) is 10.7 Å². The zero-order valence-corrected chi connectivity index (χ0v) is 12.9. The number of furan rings is 1. The molecule has 2 aromatic rings. The SMILES string of the molecule is O=C(NCCc1n[nH]c(=S)n1C1CC1)[C@H]1C[C@@H]1c1ccco1. The van der Waals surface area contributed by atoms with E-state index in [0.717, 1.165) is 18.0 Å². The molecule has 0 saturated heterocycles. The normalized spacial score (nSPS) is 23.5. The molecule has 4 rings (SSSR count). The summed E-state index contributed by atoms with van der Waals surface area (Å²) in [6.07, 6.45) is 5.57. The van der Waals surface area contributed by atoms with Gasteiger partial charge in [-0.3, -0.25) is 9.89 Å². The minimum Gasteiger partial charge on any atom is -0.469 e. The zero-order chi connectivity index (χ0) is 15.1. The molecule has 0 aliphatic heterocycles. The van der Waals surface area contributed by atoms with Crippen molar-refractivity contribution >= 4 is 18.1 Å². The summed E-state index contributed by atoms with van der Waals surface area (Å²) in [5.74, 6) is 2.25. The molecule has 1 amide bonds. The van der Waals surface area contributed by atoms with E-state index in [9.17, 15) is 4.79 Å². The number of amides is 1. The minimum atomic E-state index is 0.0513. The van der Waals surface area contributed by atoms with Gasteiger partial charge < -0.3 is 14.3 Å². The second-order valence-electron chi connectivity index (χ2n) is 6.05. The molecule has 7 heteroatoms. The second-order valence-corrected chi connectivity index (χ2v) is 6.44. The second kappa shape index (κ2) is 5.39. The van der Waals surface area contributed by atoms with Crippen molar-refractivity contribution in [2.45, 2.75) is 37.6 Å². The Morgan fingerprint density at radius 1 is 1.55 bits per heavy atom. The number of aromatic amines is 1. The average Bonchev–Trinajstić information content (AvgIpc) is 3.42. The number of hydrogen-bond acceptors (Lipinski definition) is 4. The number of carbonyl (C=O) groups excluding carboxylic acids is 1. The Hall–Kier alpha value is -1.89. The van der Waals surface area contributed by atoms with Crippen LogP contribution in [0.5, 0.6) is 0 Å². The van der Waals surface area contributed by atoms with E-state index in [1.165, 1.54) is 12.8 Å². The first-order valence-electron chi connectivity index (χ1n) is 7.71. The predicted octanol–water partition coefficient (Wildman–Crippen LogP) is 2.33. The molecule has 0 radical (unpaired) electrons. The zero-order valence-electron chi connectivity index (χ0n) is 12.1. The van der Waals surface area contributed by atoms with Crippen LogP contribution in [0.25, 0.3) is 0 Å². The number of hydrogen-bond donors (Lipinski definition) is 2. The van der Waals surface area contributed by atoms with Crippen molar-refractivity contribution < 1.29 is 9.21 Å². The van der Waals surface area contributed by atoms with Crippen molar-refractivity contribution in [2.75, 3.05) is 6.54 Å². The first kappa shape index (κ1) is 13.8. The van der Waals surface area contributed by atoms with Crippen LogP contribution in [0.4, 0.5) is 0 Å². The van der Waals surface area contributed by atoms with Crippen molar-refractivity contribution in [1.82, 2.24) is 20.1 Å². The molecular weight excluding hydrogens is 300 g/mol. The van der Waals surface area contributed by atoms with E-state index in [4.69, 9.17) is 16.6 Å². The van der Waals surface area contributed by atoms with Crippen molar-refractivity contribution in [3.05, 3.63) is 34.8 Å². The Kier molecular flexibility index (Phi) is 3.37. The number of nitrogens with one attached hydrogen (secondary N) is 2. The lowest BCUT2D eigenvalue weighted by molar-refractivity contribution is -0.122. The molecule has 0 aromatic carbocycles. The van der Waals surface area contributed by atoms with Gasteiger partial charge in [0.05, 0.1) is 6.26 Å². The number of aromatic nitrogens is 3. The molecule has 22 heavy (non-hydrogen) atoms. The van der Waals surface area contributed by atoms with Crippen LogP contribution < -0.4 is 5.32 Å². The first-order valence-corrected chi connectivity index (χ1v) is 8.12. The highest BCUT2D eigenvalue weighted by molar-refractivity contribution is 7.71. The quantitative estimate of drug-likeness (QED) is 0.802. The van der Waals surface area contributed by atoms with Gasteiger partial charge in [-0.1, -0.05) is 0 Å². The molecule has 0 bridgehead atoms. The lowest BCUT2D eigenvalue weighted by Crippen LogP contribution is -2.28. The molecule has 2 heterocycles. The number of carbonyl (C=O) groups is 1. The molecule has 2 fully saturated rings. The maximum atomic E-state index is 12.1. The van der Waals surface area contributed by atoms with E-state index in [1.54, 1.807) is 6.26 Å². The van der Waals surface area contributed by atoms with Gasteiger partial charge >= 0.3 is 0 Å². The van der Waals surface area contributed by atoms with Crippen molar-refractivity contribution in [2.24, 2.45) is 5.92 Å². The molecule has 2 atom stereocenters. The highest BCUT2D eigenvalue weighted by Gasteiger charge is 2.45. The summed E-state index contributed by atoms with van der Waals surface area (Å²) in [6.45, 7) is 0.590. The Morgan fingerprint density at radius 3 is 3.14 bits per heavy atom. The third kappa shape index (κ3) is 2.61. The van der Waals surface area contributed by atoms with Gasteiger partial charge in [0, 0.05) is 30.8 Å². The standard InChI is InChI=1S/C15H18N4O2S/c20-14(11-8-10(11)12-2-1-7-21-12)16-6-5-13-17-18-15(22)19(13)9-3-4-9/h1-2,7,9-11H,3-6,8H2,(H,16,20)(H,18,22)/t10-,11-/m0/s1. The fourth-order valence-electron chi connectivity index (χ4n) is 2.95. The Bertz CT molecular complexity index is 729. The smallest absolute Gasteiger partial charge is 0.223 e. The van der Waals surface area contributed by atoms with Gasteiger partial charge in [-0.15, -0.1) is 0 Å². The maximum absolute atomic E-state index is 12.1. The molecule has 6 nitrogen and oxygen atoms in total. The van der Waals surface area contributed by atoms with E-state index in [1.807, 2.05) is 12.1 Å². The third-order valence-corrected chi connectivity index (χ3v) is 4.66. The van der Waals surface area contributed by atoms with Crippen LogP contribution in [0.2, 0.25) is 0 Å². The van der Waals surface area contributed by atoms with E-state index >= 15 is 0 Å². The van der Waals surface area contributed by atoms with Crippen molar-refractivity contribution in [1.29, 1.82) is 0 Å². The fraction of sp³-hybridized carbons (Fsp3) is 0.533. The molecule has 116 valence electrons. The molecule has 2 N–H and O–H groups in total. The van der Waals surface area contributed by atoms with Gasteiger partial charge in [0.1, 0.15) is 11.6 Å². The van der Waals surface area contributed by atoms with Gasteiger partial charge in [-0.05, 0) is 43.6 Å². The average molecular weight is 318 g/mol. The van der Waals surface area contributed by atoms with Crippen molar-refractivity contribution in [3.63, 3.8) is 0 Å². The largest absolute Gasteiger partial charge is 0.469 e.